The molecule has 0 saturated carbocycles. The van der Waals surface area contributed by atoms with E-state index in [0.717, 1.165) is 23.2 Å². The lowest BCUT2D eigenvalue weighted by Gasteiger charge is -2.08. The Morgan fingerprint density at radius 1 is 1.32 bits per heavy atom. The largest absolute Gasteiger partial charge is 0.483 e. The van der Waals surface area contributed by atoms with Gasteiger partial charge in [0.1, 0.15) is 18.1 Å². The van der Waals surface area contributed by atoms with Crippen LogP contribution < -0.4 is 4.74 Å². The van der Waals surface area contributed by atoms with Crippen LogP contribution in [0.2, 0.25) is 0 Å². The van der Waals surface area contributed by atoms with Gasteiger partial charge in [-0.3, -0.25) is 0 Å². The Labute approximate surface area is 146 Å². The van der Waals surface area contributed by atoms with Gasteiger partial charge in [0.05, 0.1) is 5.52 Å². The summed E-state index contributed by atoms with van der Waals surface area (Å²) in [7, 11) is 5.86. The third-order valence-corrected chi connectivity index (χ3v) is 4.11. The fraction of sp³-hybridized carbons (Fsp3) is 0.316. The molecule has 0 atom stereocenters. The Morgan fingerprint density at radius 3 is 2.84 bits per heavy atom. The van der Waals surface area contributed by atoms with Crippen molar-refractivity contribution in [2.45, 2.75) is 13.0 Å². The predicted octanol–water partition coefficient (Wildman–Crippen LogP) is 3.15. The summed E-state index contributed by atoms with van der Waals surface area (Å²) in [5.41, 5.74) is 1.69. The zero-order valence-corrected chi connectivity index (χ0v) is 14.7. The second-order valence-corrected chi connectivity index (χ2v) is 6.33. The summed E-state index contributed by atoms with van der Waals surface area (Å²) in [6, 6.07) is 9.66. The number of aromatic carboxylic acids is 1. The van der Waals surface area contributed by atoms with Crippen molar-refractivity contribution in [2.24, 2.45) is 7.05 Å². The van der Waals surface area contributed by atoms with E-state index in [-0.39, 0.29) is 12.4 Å². The molecular weight excluding hydrogens is 320 g/mol. The molecule has 0 aliphatic heterocycles. The highest BCUT2D eigenvalue weighted by atomic mass is 16.5. The minimum absolute atomic E-state index is 0.00229. The zero-order valence-electron chi connectivity index (χ0n) is 14.7. The monoisotopic (exact) mass is 342 g/mol. The quantitative estimate of drug-likeness (QED) is 0.714. The molecule has 132 valence electrons. The number of rotatable bonds is 7. The SMILES string of the molecule is CN(C)CCc1cc(COc2cccc3ccn(C)c23)oc1C(=O)O. The van der Waals surface area contributed by atoms with Crippen molar-refractivity contribution in [2.75, 3.05) is 20.6 Å². The van der Waals surface area contributed by atoms with E-state index < -0.39 is 5.97 Å². The van der Waals surface area contributed by atoms with Crippen molar-refractivity contribution in [1.82, 2.24) is 9.47 Å². The third kappa shape index (κ3) is 3.69. The van der Waals surface area contributed by atoms with E-state index in [4.69, 9.17) is 9.15 Å². The molecular formula is C19H22N2O4. The lowest BCUT2D eigenvalue weighted by atomic mass is 10.1. The number of aromatic nitrogens is 1. The van der Waals surface area contributed by atoms with Gasteiger partial charge < -0.3 is 23.7 Å². The van der Waals surface area contributed by atoms with Crippen LogP contribution in [0.4, 0.5) is 0 Å². The molecule has 0 bridgehead atoms. The molecule has 0 saturated heterocycles. The number of benzene rings is 1. The number of likely N-dealkylation sites (N-methyl/N-ethyl adjacent to an activating group) is 1. The Balaban J connectivity index is 1.79. The van der Waals surface area contributed by atoms with Crippen LogP contribution in [0.15, 0.2) is 40.9 Å². The summed E-state index contributed by atoms with van der Waals surface area (Å²) >= 11 is 0. The maximum Gasteiger partial charge on any atom is 0.372 e. The molecule has 0 aliphatic carbocycles. The van der Waals surface area contributed by atoms with Crippen molar-refractivity contribution in [1.29, 1.82) is 0 Å². The third-order valence-electron chi connectivity index (χ3n) is 4.11. The van der Waals surface area contributed by atoms with E-state index in [1.54, 1.807) is 6.07 Å². The number of hydrogen-bond donors (Lipinski definition) is 1. The van der Waals surface area contributed by atoms with Gasteiger partial charge in [-0.05, 0) is 38.7 Å². The first-order valence-electron chi connectivity index (χ1n) is 8.12. The number of carboxylic acid groups (broad SMARTS) is 1. The molecule has 0 aliphatic rings. The van der Waals surface area contributed by atoms with Crippen LogP contribution in [0, 0.1) is 0 Å². The molecule has 3 rings (SSSR count). The first kappa shape index (κ1) is 17.1. The molecule has 0 spiro atoms. The molecule has 1 aromatic carbocycles. The average molecular weight is 342 g/mol. The number of hydrogen-bond acceptors (Lipinski definition) is 4. The average Bonchev–Trinajstić information content (AvgIpc) is 3.15. The van der Waals surface area contributed by atoms with E-state index in [2.05, 4.69) is 0 Å². The summed E-state index contributed by atoms with van der Waals surface area (Å²) in [5.74, 6) is 0.201. The number of fused-ring (bicyclic) bond motifs is 1. The van der Waals surface area contributed by atoms with Gasteiger partial charge in [0.25, 0.3) is 0 Å². The Morgan fingerprint density at radius 2 is 2.12 bits per heavy atom. The Bertz CT molecular complexity index is 892. The number of carbonyl (C=O) groups is 1. The molecule has 2 aromatic heterocycles. The topological polar surface area (TPSA) is 67.8 Å². The lowest BCUT2D eigenvalue weighted by molar-refractivity contribution is 0.0656. The van der Waals surface area contributed by atoms with E-state index in [9.17, 15) is 9.90 Å². The van der Waals surface area contributed by atoms with Crippen molar-refractivity contribution < 1.29 is 19.1 Å². The molecule has 25 heavy (non-hydrogen) atoms. The minimum atomic E-state index is -1.05. The molecule has 0 radical (unpaired) electrons. The smallest absolute Gasteiger partial charge is 0.372 e. The highest BCUT2D eigenvalue weighted by molar-refractivity contribution is 5.86. The molecule has 6 nitrogen and oxygen atoms in total. The number of aryl methyl sites for hydroxylation is 1. The highest BCUT2D eigenvalue weighted by Crippen LogP contribution is 2.27. The van der Waals surface area contributed by atoms with Gasteiger partial charge in [-0.15, -0.1) is 0 Å². The molecule has 6 heteroatoms. The molecule has 1 N–H and O–H groups in total. The summed E-state index contributed by atoms with van der Waals surface area (Å²) in [5, 5.41) is 10.4. The summed E-state index contributed by atoms with van der Waals surface area (Å²) in [4.78, 5) is 13.4. The van der Waals surface area contributed by atoms with Crippen LogP contribution >= 0.6 is 0 Å². The van der Waals surface area contributed by atoms with Crippen LogP contribution in [0.5, 0.6) is 5.75 Å². The van der Waals surface area contributed by atoms with E-state index >= 15 is 0 Å². The maximum absolute atomic E-state index is 11.4. The van der Waals surface area contributed by atoms with E-state index in [1.165, 1.54) is 0 Å². The van der Waals surface area contributed by atoms with Gasteiger partial charge in [0, 0.05) is 30.7 Å². The molecule has 2 heterocycles. The van der Waals surface area contributed by atoms with Crippen LogP contribution in [0.3, 0.4) is 0 Å². The summed E-state index contributed by atoms with van der Waals surface area (Å²) in [6.07, 6.45) is 2.60. The van der Waals surface area contributed by atoms with Crippen molar-refractivity contribution in [3.63, 3.8) is 0 Å². The van der Waals surface area contributed by atoms with Gasteiger partial charge in [0.2, 0.25) is 5.76 Å². The fourth-order valence-corrected chi connectivity index (χ4v) is 2.85. The summed E-state index contributed by atoms with van der Waals surface area (Å²) < 4.78 is 13.4. The van der Waals surface area contributed by atoms with Crippen LogP contribution in [-0.2, 0) is 20.1 Å². The zero-order chi connectivity index (χ0) is 18.0. The second-order valence-electron chi connectivity index (χ2n) is 6.33. The number of ether oxygens (including phenoxy) is 1. The van der Waals surface area contributed by atoms with Gasteiger partial charge in [-0.1, -0.05) is 12.1 Å². The number of furan rings is 1. The van der Waals surface area contributed by atoms with E-state index in [0.29, 0.717) is 17.7 Å². The normalized spacial score (nSPS) is 11.4. The minimum Gasteiger partial charge on any atom is -0.483 e. The van der Waals surface area contributed by atoms with Crippen molar-refractivity contribution in [3.8, 4) is 5.75 Å². The van der Waals surface area contributed by atoms with Gasteiger partial charge in [0.15, 0.2) is 0 Å². The van der Waals surface area contributed by atoms with Gasteiger partial charge in [-0.25, -0.2) is 4.79 Å². The number of nitrogens with zero attached hydrogens (tertiary/aromatic N) is 2. The molecule has 3 aromatic rings. The molecule has 0 amide bonds. The Kier molecular flexibility index (Phi) is 4.81. The van der Waals surface area contributed by atoms with Crippen molar-refractivity contribution in [3.05, 3.63) is 53.6 Å². The van der Waals surface area contributed by atoms with Crippen LogP contribution in [-0.4, -0.2) is 41.2 Å². The number of para-hydroxylation sites is 1. The lowest BCUT2D eigenvalue weighted by Crippen LogP contribution is -2.15. The predicted molar refractivity (Wildman–Crippen MR) is 95.2 cm³/mol. The molecule has 0 fully saturated rings. The maximum atomic E-state index is 11.4. The molecule has 0 unspecified atom stereocenters. The summed E-state index contributed by atoms with van der Waals surface area (Å²) in [6.45, 7) is 0.940. The highest BCUT2D eigenvalue weighted by Gasteiger charge is 2.18. The number of carboxylic acids is 1. The first-order chi connectivity index (χ1) is 12.0. The fourth-order valence-electron chi connectivity index (χ4n) is 2.85. The standard InChI is InChI=1S/C19H22N2O4/c1-20(2)9-7-14-11-15(25-18(14)19(22)23)12-24-16-6-4-5-13-8-10-21(3)17(13)16/h4-6,8,10-11H,7,9,12H2,1-3H3,(H,22,23). The van der Waals surface area contributed by atoms with Crippen LogP contribution in [0.25, 0.3) is 10.9 Å². The van der Waals surface area contributed by atoms with Gasteiger partial charge in [-0.2, -0.15) is 0 Å². The Hall–Kier alpha value is -2.73. The second kappa shape index (κ2) is 7.03. The first-order valence-corrected chi connectivity index (χ1v) is 8.12. The van der Waals surface area contributed by atoms with E-state index in [1.807, 2.05) is 61.1 Å². The van der Waals surface area contributed by atoms with Crippen molar-refractivity contribution >= 4 is 16.9 Å². The van der Waals surface area contributed by atoms with Gasteiger partial charge >= 0.3 is 5.97 Å². The van der Waals surface area contributed by atoms with Crippen LogP contribution in [0.1, 0.15) is 21.9 Å².